The SMILES string of the molecule is O=C1C(Cl)=C(Cl)C(O)N1C1=NNCC1. The summed E-state index contributed by atoms with van der Waals surface area (Å²) in [7, 11) is 0. The molecular formula is C7H7Cl2N3O2. The van der Waals surface area contributed by atoms with Crippen LogP contribution in [0.5, 0.6) is 0 Å². The van der Waals surface area contributed by atoms with Gasteiger partial charge >= 0.3 is 0 Å². The minimum atomic E-state index is -1.20. The average Bonchev–Trinajstić information content (AvgIpc) is 2.73. The second kappa shape index (κ2) is 3.42. The van der Waals surface area contributed by atoms with Crippen LogP contribution in [0.3, 0.4) is 0 Å². The van der Waals surface area contributed by atoms with Gasteiger partial charge in [0, 0.05) is 13.0 Å². The molecule has 0 radical (unpaired) electrons. The number of aliphatic hydroxyl groups excluding tert-OH is 1. The van der Waals surface area contributed by atoms with Crippen molar-refractivity contribution in [3.8, 4) is 0 Å². The summed E-state index contributed by atoms with van der Waals surface area (Å²) in [6.07, 6.45) is -0.632. The molecule has 76 valence electrons. The molecule has 0 fully saturated rings. The predicted octanol–water partition coefficient (Wildman–Crippen LogP) is 0.143. The number of halogens is 2. The lowest BCUT2D eigenvalue weighted by molar-refractivity contribution is -0.125. The van der Waals surface area contributed by atoms with Gasteiger partial charge in [-0.05, 0) is 0 Å². The van der Waals surface area contributed by atoms with Crippen molar-refractivity contribution in [2.24, 2.45) is 5.10 Å². The summed E-state index contributed by atoms with van der Waals surface area (Å²) < 4.78 is 0. The van der Waals surface area contributed by atoms with Crippen LogP contribution in [0.1, 0.15) is 6.42 Å². The van der Waals surface area contributed by atoms with Gasteiger partial charge in [-0.15, -0.1) is 0 Å². The first-order chi connectivity index (χ1) is 6.63. The van der Waals surface area contributed by atoms with Crippen LogP contribution in [0.15, 0.2) is 15.2 Å². The van der Waals surface area contributed by atoms with Gasteiger partial charge in [0.25, 0.3) is 5.91 Å². The number of amidine groups is 1. The number of nitrogens with one attached hydrogen (secondary N) is 1. The zero-order chi connectivity index (χ0) is 10.3. The Bertz CT molecular complexity index is 353. The number of amides is 1. The highest BCUT2D eigenvalue weighted by atomic mass is 35.5. The Kier molecular flexibility index (Phi) is 2.38. The summed E-state index contributed by atoms with van der Waals surface area (Å²) in [6, 6.07) is 0. The number of rotatable bonds is 0. The van der Waals surface area contributed by atoms with E-state index in [4.69, 9.17) is 23.2 Å². The second-order valence-electron chi connectivity index (χ2n) is 2.90. The molecule has 0 spiro atoms. The first kappa shape index (κ1) is 9.76. The van der Waals surface area contributed by atoms with Crippen molar-refractivity contribution < 1.29 is 9.90 Å². The third kappa shape index (κ3) is 1.28. The summed E-state index contributed by atoms with van der Waals surface area (Å²) in [6.45, 7) is 0.640. The van der Waals surface area contributed by atoms with Gasteiger partial charge in [-0.25, -0.2) is 0 Å². The third-order valence-corrected chi connectivity index (χ3v) is 2.88. The lowest BCUT2D eigenvalue weighted by Crippen LogP contribution is -2.39. The average molecular weight is 236 g/mol. The standard InChI is InChI=1S/C7H7Cl2N3O2/c8-4-5(9)7(14)12(6(4)13)3-1-2-10-11-3/h6,10,13H,1-2H2. The van der Waals surface area contributed by atoms with Crippen molar-refractivity contribution in [2.75, 3.05) is 6.54 Å². The molecule has 2 aliphatic heterocycles. The van der Waals surface area contributed by atoms with Gasteiger partial charge in [0.15, 0.2) is 6.23 Å². The molecule has 0 saturated carbocycles. The zero-order valence-electron chi connectivity index (χ0n) is 7.00. The topological polar surface area (TPSA) is 64.9 Å². The number of nitrogens with zero attached hydrogens (tertiary/aromatic N) is 2. The number of hydrogen-bond acceptors (Lipinski definition) is 4. The molecule has 0 aromatic carbocycles. The maximum Gasteiger partial charge on any atom is 0.274 e. The molecule has 1 amide bonds. The van der Waals surface area contributed by atoms with Gasteiger partial charge in [0.1, 0.15) is 10.9 Å². The molecule has 2 aliphatic rings. The number of carbonyl (C=O) groups is 1. The normalized spacial score (nSPS) is 27.1. The van der Waals surface area contributed by atoms with Crippen LogP contribution in [-0.2, 0) is 4.79 Å². The van der Waals surface area contributed by atoms with E-state index in [1.807, 2.05) is 0 Å². The Morgan fingerprint density at radius 3 is 2.71 bits per heavy atom. The number of carbonyl (C=O) groups excluding carboxylic acids is 1. The van der Waals surface area contributed by atoms with E-state index in [1.54, 1.807) is 0 Å². The number of hydrazone groups is 1. The monoisotopic (exact) mass is 235 g/mol. The van der Waals surface area contributed by atoms with Gasteiger partial charge < -0.3 is 10.5 Å². The van der Waals surface area contributed by atoms with E-state index >= 15 is 0 Å². The lowest BCUT2D eigenvalue weighted by atomic mass is 10.3. The van der Waals surface area contributed by atoms with Crippen molar-refractivity contribution in [2.45, 2.75) is 12.6 Å². The molecule has 1 unspecified atom stereocenters. The molecule has 5 nitrogen and oxygen atoms in total. The molecule has 0 bridgehead atoms. The van der Waals surface area contributed by atoms with E-state index < -0.39 is 12.1 Å². The van der Waals surface area contributed by atoms with E-state index in [0.717, 1.165) is 4.90 Å². The molecule has 0 aromatic heterocycles. The summed E-state index contributed by atoms with van der Waals surface area (Å²) in [5, 5.41) is 13.2. The van der Waals surface area contributed by atoms with Crippen molar-refractivity contribution in [1.82, 2.24) is 10.3 Å². The fourth-order valence-corrected chi connectivity index (χ4v) is 1.72. The Balaban J connectivity index is 2.28. The fourth-order valence-electron chi connectivity index (χ4n) is 1.35. The minimum absolute atomic E-state index is 0.0498. The van der Waals surface area contributed by atoms with Crippen LogP contribution >= 0.6 is 23.2 Å². The van der Waals surface area contributed by atoms with Crippen molar-refractivity contribution >= 4 is 34.9 Å². The summed E-state index contributed by atoms with van der Waals surface area (Å²) in [4.78, 5) is 12.6. The molecule has 14 heavy (non-hydrogen) atoms. The lowest BCUT2D eigenvalue weighted by Gasteiger charge is -2.19. The maximum atomic E-state index is 11.5. The predicted molar refractivity (Wildman–Crippen MR) is 51.6 cm³/mol. The molecule has 0 aliphatic carbocycles. The Labute approximate surface area is 90.0 Å². The van der Waals surface area contributed by atoms with Gasteiger partial charge in [0.2, 0.25) is 0 Å². The highest BCUT2D eigenvalue weighted by molar-refractivity contribution is 6.50. The zero-order valence-corrected chi connectivity index (χ0v) is 8.51. The number of aliphatic hydroxyl groups is 1. The van der Waals surface area contributed by atoms with E-state index in [1.165, 1.54) is 0 Å². The molecule has 7 heteroatoms. The van der Waals surface area contributed by atoms with Crippen molar-refractivity contribution in [1.29, 1.82) is 0 Å². The summed E-state index contributed by atoms with van der Waals surface area (Å²) >= 11 is 11.2. The fraction of sp³-hybridized carbons (Fsp3) is 0.429. The molecule has 0 saturated heterocycles. The molecule has 1 atom stereocenters. The van der Waals surface area contributed by atoms with Crippen molar-refractivity contribution in [3.63, 3.8) is 0 Å². The molecule has 2 rings (SSSR count). The first-order valence-corrected chi connectivity index (χ1v) is 4.74. The Morgan fingerprint density at radius 2 is 2.29 bits per heavy atom. The minimum Gasteiger partial charge on any atom is -0.368 e. The molecular weight excluding hydrogens is 229 g/mol. The van der Waals surface area contributed by atoms with Crippen LogP contribution in [0.4, 0.5) is 0 Å². The van der Waals surface area contributed by atoms with Crippen molar-refractivity contribution in [3.05, 3.63) is 10.1 Å². The largest absolute Gasteiger partial charge is 0.368 e. The maximum absolute atomic E-state index is 11.5. The quantitative estimate of drug-likeness (QED) is 0.628. The second-order valence-corrected chi connectivity index (χ2v) is 3.68. The third-order valence-electron chi connectivity index (χ3n) is 2.03. The van der Waals surface area contributed by atoms with Crippen LogP contribution < -0.4 is 5.43 Å². The molecule has 2 N–H and O–H groups in total. The van der Waals surface area contributed by atoms with Crippen LogP contribution in [-0.4, -0.2) is 34.5 Å². The first-order valence-electron chi connectivity index (χ1n) is 3.99. The summed E-state index contributed by atoms with van der Waals surface area (Å²) in [5.41, 5.74) is 2.70. The number of hydrogen-bond donors (Lipinski definition) is 2. The molecule has 0 aromatic rings. The van der Waals surface area contributed by atoms with Crippen LogP contribution in [0.25, 0.3) is 0 Å². The van der Waals surface area contributed by atoms with Gasteiger partial charge in [-0.2, -0.15) is 5.10 Å². The van der Waals surface area contributed by atoms with Gasteiger partial charge in [-0.3, -0.25) is 9.69 Å². The Hall–Kier alpha value is -0.780. The highest BCUT2D eigenvalue weighted by Gasteiger charge is 2.40. The van der Waals surface area contributed by atoms with E-state index in [2.05, 4.69) is 10.5 Å². The smallest absolute Gasteiger partial charge is 0.274 e. The van der Waals surface area contributed by atoms with E-state index in [-0.39, 0.29) is 10.1 Å². The van der Waals surface area contributed by atoms with E-state index in [9.17, 15) is 9.90 Å². The van der Waals surface area contributed by atoms with Crippen LogP contribution in [0.2, 0.25) is 0 Å². The van der Waals surface area contributed by atoms with Crippen LogP contribution in [0, 0.1) is 0 Å². The van der Waals surface area contributed by atoms with Gasteiger partial charge in [0.05, 0.1) is 5.03 Å². The molecule has 2 heterocycles. The Morgan fingerprint density at radius 1 is 1.57 bits per heavy atom. The van der Waals surface area contributed by atoms with E-state index in [0.29, 0.717) is 18.8 Å². The highest BCUT2D eigenvalue weighted by Crippen LogP contribution is 2.30. The van der Waals surface area contributed by atoms with Gasteiger partial charge in [-0.1, -0.05) is 23.2 Å². The summed E-state index contributed by atoms with van der Waals surface area (Å²) in [5.74, 6) is -0.0529.